The summed E-state index contributed by atoms with van der Waals surface area (Å²) in [6.07, 6.45) is 0.0644. The van der Waals surface area contributed by atoms with E-state index in [1.807, 2.05) is 12.1 Å². The van der Waals surface area contributed by atoms with Crippen LogP contribution < -0.4 is 0 Å². The summed E-state index contributed by atoms with van der Waals surface area (Å²) in [7, 11) is 0. The lowest BCUT2D eigenvalue weighted by Gasteiger charge is -2.08. The third kappa shape index (κ3) is 1.48. The van der Waals surface area contributed by atoms with Crippen molar-refractivity contribution in [3.8, 4) is 11.1 Å². The molecule has 1 spiro atoms. The molecule has 3 aromatic carbocycles. The summed E-state index contributed by atoms with van der Waals surface area (Å²) in [4.78, 5) is 0. The third-order valence-electron chi connectivity index (χ3n) is 4.73. The second-order valence-electron chi connectivity index (χ2n) is 5.88. The molecule has 106 valence electrons. The van der Waals surface area contributed by atoms with Gasteiger partial charge in [0.2, 0.25) is 0 Å². The Hall–Kier alpha value is -2.09. The highest BCUT2D eigenvalue weighted by atomic mass is 35.5. The lowest BCUT2D eigenvalue weighted by molar-refractivity contribution is 0.333. The Morgan fingerprint density at radius 2 is 1.27 bits per heavy atom. The van der Waals surface area contributed by atoms with Gasteiger partial charge in [-0.25, -0.2) is 0 Å². The van der Waals surface area contributed by atoms with Crippen molar-refractivity contribution in [3.05, 3.63) is 94.5 Å². The summed E-state index contributed by atoms with van der Waals surface area (Å²) in [5.41, 5.74) is 5.98. The van der Waals surface area contributed by atoms with Gasteiger partial charge in [0.15, 0.2) is 5.60 Å². The van der Waals surface area contributed by atoms with Gasteiger partial charge in [0.1, 0.15) is 6.10 Å². The van der Waals surface area contributed by atoms with E-state index in [2.05, 4.69) is 60.7 Å². The molecule has 1 aliphatic heterocycles. The van der Waals surface area contributed by atoms with Crippen LogP contribution in [0.15, 0.2) is 72.8 Å². The minimum absolute atomic E-state index is 0.0644. The predicted octanol–water partition coefficient (Wildman–Crippen LogP) is 5.34. The largest absolute Gasteiger partial charge is 0.351 e. The molecule has 0 saturated carbocycles. The SMILES string of the molecule is Clc1ccc(C2OC23c2ccccc2-c2ccccc23)cc1. The van der Waals surface area contributed by atoms with Crippen molar-refractivity contribution in [1.29, 1.82) is 0 Å². The van der Waals surface area contributed by atoms with Gasteiger partial charge in [0, 0.05) is 5.02 Å². The van der Waals surface area contributed by atoms with Crippen molar-refractivity contribution in [3.63, 3.8) is 0 Å². The predicted molar refractivity (Wildman–Crippen MR) is 87.9 cm³/mol. The molecule has 0 bridgehead atoms. The van der Waals surface area contributed by atoms with Gasteiger partial charge in [-0.3, -0.25) is 0 Å². The molecule has 1 aliphatic carbocycles. The minimum atomic E-state index is -0.318. The monoisotopic (exact) mass is 304 g/mol. The average molecular weight is 305 g/mol. The quantitative estimate of drug-likeness (QED) is 0.553. The smallest absolute Gasteiger partial charge is 0.151 e. The van der Waals surface area contributed by atoms with Crippen LogP contribution in [0.1, 0.15) is 22.8 Å². The summed E-state index contributed by atoms with van der Waals surface area (Å²) in [6.45, 7) is 0. The van der Waals surface area contributed by atoms with Gasteiger partial charge in [-0.05, 0) is 39.9 Å². The van der Waals surface area contributed by atoms with Gasteiger partial charge in [-0.1, -0.05) is 72.3 Å². The lowest BCUT2D eigenvalue weighted by atomic mass is 9.90. The summed E-state index contributed by atoms with van der Waals surface area (Å²) in [5.74, 6) is 0. The molecule has 22 heavy (non-hydrogen) atoms. The first kappa shape index (κ1) is 12.5. The molecule has 0 aromatic heterocycles. The van der Waals surface area contributed by atoms with E-state index >= 15 is 0 Å². The zero-order valence-electron chi connectivity index (χ0n) is 11.8. The van der Waals surface area contributed by atoms with Crippen LogP contribution in [0.3, 0.4) is 0 Å². The fraction of sp³-hybridized carbons (Fsp3) is 0.100. The Bertz CT molecular complexity index is 837. The first-order valence-corrected chi connectivity index (χ1v) is 7.81. The Morgan fingerprint density at radius 3 is 1.86 bits per heavy atom. The topological polar surface area (TPSA) is 12.5 Å². The van der Waals surface area contributed by atoms with Crippen molar-refractivity contribution in [2.24, 2.45) is 0 Å². The Kier molecular flexibility index (Phi) is 2.39. The Balaban J connectivity index is 1.71. The molecular formula is C20H13ClO. The van der Waals surface area contributed by atoms with Crippen molar-refractivity contribution in [1.82, 2.24) is 0 Å². The van der Waals surface area contributed by atoms with Gasteiger partial charge in [0.25, 0.3) is 0 Å². The normalized spacial score (nSPS) is 19.8. The number of hydrogen-bond acceptors (Lipinski definition) is 1. The molecule has 0 amide bonds. The Labute approximate surface area is 134 Å². The molecule has 3 aromatic rings. The molecule has 0 N–H and O–H groups in total. The fourth-order valence-corrected chi connectivity index (χ4v) is 3.86. The second-order valence-corrected chi connectivity index (χ2v) is 6.31. The molecule has 1 unspecified atom stereocenters. The van der Waals surface area contributed by atoms with Crippen LogP contribution in [-0.2, 0) is 10.3 Å². The molecular weight excluding hydrogens is 292 g/mol. The van der Waals surface area contributed by atoms with E-state index in [1.165, 1.54) is 27.8 Å². The maximum absolute atomic E-state index is 6.30. The van der Waals surface area contributed by atoms with Gasteiger partial charge in [-0.15, -0.1) is 0 Å². The Morgan fingerprint density at radius 1 is 0.727 bits per heavy atom. The van der Waals surface area contributed by atoms with Gasteiger partial charge in [0.05, 0.1) is 0 Å². The van der Waals surface area contributed by atoms with E-state index < -0.39 is 0 Å². The molecule has 1 heterocycles. The zero-order chi connectivity index (χ0) is 14.7. The molecule has 5 rings (SSSR count). The van der Waals surface area contributed by atoms with Crippen LogP contribution in [0.5, 0.6) is 0 Å². The number of halogens is 1. The van der Waals surface area contributed by atoms with Gasteiger partial charge in [-0.2, -0.15) is 0 Å². The molecule has 1 fully saturated rings. The van der Waals surface area contributed by atoms with E-state index in [9.17, 15) is 0 Å². The third-order valence-corrected chi connectivity index (χ3v) is 4.99. The van der Waals surface area contributed by atoms with E-state index in [-0.39, 0.29) is 11.7 Å². The van der Waals surface area contributed by atoms with Crippen LogP contribution in [0.2, 0.25) is 5.02 Å². The van der Waals surface area contributed by atoms with Crippen LogP contribution in [0.4, 0.5) is 0 Å². The molecule has 0 radical (unpaired) electrons. The van der Waals surface area contributed by atoms with E-state index in [1.54, 1.807) is 0 Å². The maximum Gasteiger partial charge on any atom is 0.151 e. The number of benzene rings is 3. The van der Waals surface area contributed by atoms with Gasteiger partial charge < -0.3 is 4.74 Å². The first-order valence-electron chi connectivity index (χ1n) is 7.43. The number of rotatable bonds is 1. The van der Waals surface area contributed by atoms with Crippen molar-refractivity contribution in [2.75, 3.05) is 0 Å². The van der Waals surface area contributed by atoms with Gasteiger partial charge >= 0.3 is 0 Å². The lowest BCUT2D eigenvalue weighted by Crippen LogP contribution is -2.07. The minimum Gasteiger partial charge on any atom is -0.351 e. The van der Waals surface area contributed by atoms with Crippen molar-refractivity contribution >= 4 is 11.6 Å². The number of ether oxygens (including phenoxy) is 1. The number of epoxide rings is 1. The van der Waals surface area contributed by atoms with E-state index in [0.29, 0.717) is 0 Å². The molecule has 1 saturated heterocycles. The summed E-state index contributed by atoms with van der Waals surface area (Å²) in [5, 5.41) is 0.755. The van der Waals surface area contributed by atoms with Crippen molar-refractivity contribution in [2.45, 2.75) is 11.7 Å². The highest BCUT2D eigenvalue weighted by Crippen LogP contribution is 2.67. The summed E-state index contributed by atoms with van der Waals surface area (Å²) < 4.78 is 6.30. The second kappa shape index (κ2) is 4.22. The molecule has 1 atom stereocenters. The standard InChI is InChI=1S/C20H13ClO/c21-14-11-9-13(10-12-14)19-20(22-19)17-7-3-1-5-15(17)16-6-2-4-8-18(16)20/h1-12,19H. The number of fused-ring (bicyclic) bond motifs is 5. The fourth-order valence-electron chi connectivity index (χ4n) is 3.73. The molecule has 1 nitrogen and oxygen atoms in total. The maximum atomic E-state index is 6.30. The summed E-state index contributed by atoms with van der Waals surface area (Å²) >= 11 is 6.01. The van der Waals surface area contributed by atoms with Crippen LogP contribution in [0.25, 0.3) is 11.1 Å². The van der Waals surface area contributed by atoms with Crippen LogP contribution in [-0.4, -0.2) is 0 Å². The molecule has 2 heteroatoms. The van der Waals surface area contributed by atoms with E-state index in [0.717, 1.165) is 5.02 Å². The number of hydrogen-bond donors (Lipinski definition) is 0. The molecule has 2 aliphatic rings. The highest BCUT2D eigenvalue weighted by molar-refractivity contribution is 6.30. The zero-order valence-corrected chi connectivity index (χ0v) is 12.5. The highest BCUT2D eigenvalue weighted by Gasteiger charge is 2.63. The van der Waals surface area contributed by atoms with Crippen LogP contribution in [0, 0.1) is 0 Å². The van der Waals surface area contributed by atoms with Crippen molar-refractivity contribution < 1.29 is 4.74 Å². The summed E-state index contributed by atoms with van der Waals surface area (Å²) in [6, 6.07) is 25.1. The first-order chi connectivity index (χ1) is 10.8. The van der Waals surface area contributed by atoms with Crippen LogP contribution >= 0.6 is 11.6 Å². The van der Waals surface area contributed by atoms with E-state index in [4.69, 9.17) is 16.3 Å². The average Bonchev–Trinajstić information content (AvgIpc) is 3.25.